The zero-order valence-electron chi connectivity index (χ0n) is 11.8. The van der Waals surface area contributed by atoms with Crippen molar-refractivity contribution in [1.29, 1.82) is 0 Å². The molecular formula is C15H23NO3. The van der Waals surface area contributed by atoms with E-state index in [1.54, 1.807) is 4.90 Å². The lowest BCUT2D eigenvalue weighted by Crippen LogP contribution is -2.35. The lowest BCUT2D eigenvalue weighted by atomic mass is 10.2. The van der Waals surface area contributed by atoms with E-state index in [1.807, 2.05) is 38.1 Å². The summed E-state index contributed by atoms with van der Waals surface area (Å²) in [6, 6.07) is 7.76. The van der Waals surface area contributed by atoms with Gasteiger partial charge in [0.2, 0.25) is 5.91 Å². The first-order valence-electron chi connectivity index (χ1n) is 6.75. The summed E-state index contributed by atoms with van der Waals surface area (Å²) in [5.41, 5.74) is 1.14. The van der Waals surface area contributed by atoms with Crippen LogP contribution in [0.2, 0.25) is 0 Å². The Bertz CT molecular complexity index is 387. The maximum absolute atomic E-state index is 11.9. The largest absolute Gasteiger partial charge is 0.493 e. The van der Waals surface area contributed by atoms with Crippen LogP contribution >= 0.6 is 0 Å². The van der Waals surface area contributed by atoms with Gasteiger partial charge in [0.15, 0.2) is 0 Å². The van der Waals surface area contributed by atoms with Crippen LogP contribution in [0.4, 0.5) is 0 Å². The highest BCUT2D eigenvalue weighted by Crippen LogP contribution is 2.12. The quantitative estimate of drug-likeness (QED) is 0.782. The molecule has 4 heteroatoms. The Kier molecular flexibility index (Phi) is 6.97. The minimum atomic E-state index is 0.00444. The summed E-state index contributed by atoms with van der Waals surface area (Å²) in [5.74, 6) is 0.820. The molecule has 0 aliphatic rings. The molecule has 106 valence electrons. The summed E-state index contributed by atoms with van der Waals surface area (Å²) in [4.78, 5) is 13.6. The summed E-state index contributed by atoms with van der Waals surface area (Å²) in [6.07, 6.45) is 1.23. The number of carbonyl (C=O) groups excluding carboxylic acids is 1. The summed E-state index contributed by atoms with van der Waals surface area (Å²) >= 11 is 0. The molecule has 1 N–H and O–H groups in total. The van der Waals surface area contributed by atoms with E-state index in [4.69, 9.17) is 9.84 Å². The SMILES string of the molecule is CCCN(CCO)C(=O)CCOc1cccc(C)c1. The molecular weight excluding hydrogens is 242 g/mol. The second kappa shape index (κ2) is 8.53. The Morgan fingerprint density at radius 1 is 1.37 bits per heavy atom. The molecule has 0 spiro atoms. The van der Waals surface area contributed by atoms with E-state index in [-0.39, 0.29) is 12.5 Å². The number of ether oxygens (including phenoxy) is 1. The number of rotatable bonds is 8. The Morgan fingerprint density at radius 3 is 2.79 bits per heavy atom. The number of aliphatic hydroxyl groups is 1. The normalized spacial score (nSPS) is 10.3. The Hall–Kier alpha value is -1.55. The van der Waals surface area contributed by atoms with Crippen molar-refractivity contribution >= 4 is 5.91 Å². The highest BCUT2D eigenvalue weighted by molar-refractivity contribution is 5.76. The zero-order chi connectivity index (χ0) is 14.1. The third-order valence-electron chi connectivity index (χ3n) is 2.79. The second-order valence-electron chi connectivity index (χ2n) is 4.52. The van der Waals surface area contributed by atoms with Crippen molar-refractivity contribution < 1.29 is 14.6 Å². The van der Waals surface area contributed by atoms with Gasteiger partial charge in [0.05, 0.1) is 19.6 Å². The van der Waals surface area contributed by atoms with Gasteiger partial charge in [-0.2, -0.15) is 0 Å². The third kappa shape index (κ3) is 5.75. The predicted molar refractivity (Wildman–Crippen MR) is 75.2 cm³/mol. The van der Waals surface area contributed by atoms with Crippen molar-refractivity contribution in [1.82, 2.24) is 4.90 Å². The molecule has 0 radical (unpaired) electrons. The number of hydrogen-bond acceptors (Lipinski definition) is 3. The molecule has 0 atom stereocenters. The molecule has 0 saturated heterocycles. The standard InChI is InChI=1S/C15H23NO3/c1-3-8-16(9-10-17)15(18)7-11-19-14-6-4-5-13(2)12-14/h4-6,12,17H,3,7-11H2,1-2H3. The van der Waals surface area contributed by atoms with Gasteiger partial charge in [0.25, 0.3) is 0 Å². The first-order chi connectivity index (χ1) is 9.17. The minimum absolute atomic E-state index is 0.00444. The van der Waals surface area contributed by atoms with Crippen molar-refractivity contribution in [2.75, 3.05) is 26.3 Å². The van der Waals surface area contributed by atoms with Gasteiger partial charge in [-0.25, -0.2) is 0 Å². The van der Waals surface area contributed by atoms with Crippen LogP contribution in [-0.4, -0.2) is 42.2 Å². The smallest absolute Gasteiger partial charge is 0.226 e. The molecule has 0 fully saturated rings. The first-order valence-corrected chi connectivity index (χ1v) is 6.75. The summed E-state index contributed by atoms with van der Waals surface area (Å²) in [6.45, 7) is 5.47. The highest BCUT2D eigenvalue weighted by atomic mass is 16.5. The summed E-state index contributed by atoms with van der Waals surface area (Å²) < 4.78 is 5.55. The fourth-order valence-electron chi connectivity index (χ4n) is 1.87. The summed E-state index contributed by atoms with van der Waals surface area (Å²) in [7, 11) is 0. The Morgan fingerprint density at radius 2 is 2.16 bits per heavy atom. The molecule has 19 heavy (non-hydrogen) atoms. The average molecular weight is 265 g/mol. The van der Waals surface area contributed by atoms with Gasteiger partial charge in [-0.3, -0.25) is 4.79 Å². The molecule has 1 aromatic carbocycles. The molecule has 0 unspecified atom stereocenters. The van der Waals surface area contributed by atoms with E-state index < -0.39 is 0 Å². The molecule has 0 aliphatic heterocycles. The fraction of sp³-hybridized carbons (Fsp3) is 0.533. The molecule has 1 amide bonds. The van der Waals surface area contributed by atoms with Crippen molar-refractivity contribution in [3.05, 3.63) is 29.8 Å². The molecule has 0 bridgehead atoms. The van der Waals surface area contributed by atoms with Crippen LogP contribution in [0.1, 0.15) is 25.3 Å². The predicted octanol–water partition coefficient (Wildman–Crippen LogP) is 1.99. The van der Waals surface area contributed by atoms with Gasteiger partial charge in [-0.15, -0.1) is 0 Å². The molecule has 1 aromatic rings. The first kappa shape index (κ1) is 15.5. The minimum Gasteiger partial charge on any atom is -0.493 e. The van der Waals surface area contributed by atoms with Gasteiger partial charge >= 0.3 is 0 Å². The number of benzene rings is 1. The number of carbonyl (C=O) groups is 1. The maximum atomic E-state index is 11.9. The van der Waals surface area contributed by atoms with Crippen molar-refractivity contribution in [2.24, 2.45) is 0 Å². The molecule has 0 saturated carbocycles. The molecule has 0 heterocycles. The van der Waals surface area contributed by atoms with Crippen LogP contribution in [0, 0.1) is 6.92 Å². The van der Waals surface area contributed by atoms with E-state index in [0.29, 0.717) is 26.1 Å². The number of aliphatic hydroxyl groups excluding tert-OH is 1. The van der Waals surface area contributed by atoms with Crippen molar-refractivity contribution in [2.45, 2.75) is 26.7 Å². The van der Waals surface area contributed by atoms with Crippen molar-refractivity contribution in [3.63, 3.8) is 0 Å². The van der Waals surface area contributed by atoms with Crippen LogP contribution in [-0.2, 0) is 4.79 Å². The molecule has 4 nitrogen and oxygen atoms in total. The average Bonchev–Trinajstić information content (AvgIpc) is 2.38. The van der Waals surface area contributed by atoms with Crippen LogP contribution in [0.25, 0.3) is 0 Å². The number of hydrogen-bond donors (Lipinski definition) is 1. The monoisotopic (exact) mass is 265 g/mol. The van der Waals surface area contributed by atoms with E-state index in [1.165, 1.54) is 0 Å². The van der Waals surface area contributed by atoms with Crippen molar-refractivity contribution in [3.8, 4) is 5.75 Å². The molecule has 0 aliphatic carbocycles. The van der Waals surface area contributed by atoms with Crippen LogP contribution in [0.3, 0.4) is 0 Å². The summed E-state index contributed by atoms with van der Waals surface area (Å²) in [5, 5.41) is 8.92. The number of aryl methyl sites for hydroxylation is 1. The lowest BCUT2D eigenvalue weighted by Gasteiger charge is -2.21. The van der Waals surface area contributed by atoms with Crippen LogP contribution in [0.5, 0.6) is 5.75 Å². The second-order valence-corrected chi connectivity index (χ2v) is 4.52. The van der Waals surface area contributed by atoms with E-state index in [9.17, 15) is 4.79 Å². The number of nitrogens with zero attached hydrogens (tertiary/aromatic N) is 1. The molecule has 0 aromatic heterocycles. The maximum Gasteiger partial charge on any atom is 0.226 e. The van der Waals surface area contributed by atoms with Crippen LogP contribution in [0.15, 0.2) is 24.3 Å². The van der Waals surface area contributed by atoms with E-state index in [0.717, 1.165) is 17.7 Å². The van der Waals surface area contributed by atoms with Gasteiger partial charge in [-0.05, 0) is 31.0 Å². The lowest BCUT2D eigenvalue weighted by molar-refractivity contribution is -0.132. The van der Waals surface area contributed by atoms with Gasteiger partial charge in [-0.1, -0.05) is 19.1 Å². The fourth-order valence-corrected chi connectivity index (χ4v) is 1.87. The zero-order valence-corrected chi connectivity index (χ0v) is 11.8. The highest BCUT2D eigenvalue weighted by Gasteiger charge is 2.11. The van der Waals surface area contributed by atoms with Gasteiger partial charge in [0, 0.05) is 13.1 Å². The van der Waals surface area contributed by atoms with Gasteiger partial charge in [0.1, 0.15) is 5.75 Å². The van der Waals surface area contributed by atoms with E-state index >= 15 is 0 Å². The van der Waals surface area contributed by atoms with E-state index in [2.05, 4.69) is 0 Å². The molecule has 1 rings (SSSR count). The number of amides is 1. The topological polar surface area (TPSA) is 49.8 Å². The Balaban J connectivity index is 2.36. The third-order valence-corrected chi connectivity index (χ3v) is 2.79. The Labute approximate surface area is 115 Å². The van der Waals surface area contributed by atoms with Crippen LogP contribution < -0.4 is 4.74 Å². The van der Waals surface area contributed by atoms with Gasteiger partial charge < -0.3 is 14.7 Å².